The second-order valence-electron chi connectivity index (χ2n) is 3.86. The molecule has 1 atom stereocenters. The molecule has 1 aromatic carbocycles. The quantitative estimate of drug-likeness (QED) is 0.742. The Bertz CT molecular complexity index is 279. The standard InChI is InChI=1S/C11H14FN/c12-10(11(13)7-4-8-11)9-5-2-1-3-6-9/h1-3,5-6,10H,4,7-8,13H2. The fraction of sp³-hybridized carbons (Fsp3) is 0.455. The smallest absolute Gasteiger partial charge is 0.143 e. The van der Waals surface area contributed by atoms with Gasteiger partial charge >= 0.3 is 0 Å². The average molecular weight is 179 g/mol. The van der Waals surface area contributed by atoms with Gasteiger partial charge in [0.1, 0.15) is 6.17 Å². The van der Waals surface area contributed by atoms with Gasteiger partial charge in [0.15, 0.2) is 0 Å². The molecule has 1 aliphatic rings. The number of benzene rings is 1. The molecule has 1 nitrogen and oxygen atoms in total. The molecule has 0 radical (unpaired) electrons. The summed E-state index contributed by atoms with van der Waals surface area (Å²) < 4.78 is 13.8. The molecule has 0 spiro atoms. The van der Waals surface area contributed by atoms with Crippen molar-refractivity contribution in [3.8, 4) is 0 Å². The number of hydrogen-bond donors (Lipinski definition) is 1. The van der Waals surface area contributed by atoms with E-state index in [0.717, 1.165) is 19.3 Å². The molecular weight excluding hydrogens is 165 g/mol. The van der Waals surface area contributed by atoms with Crippen LogP contribution < -0.4 is 5.73 Å². The van der Waals surface area contributed by atoms with Crippen LogP contribution in [0.3, 0.4) is 0 Å². The van der Waals surface area contributed by atoms with Crippen LogP contribution in [0.25, 0.3) is 0 Å². The maximum Gasteiger partial charge on any atom is 0.143 e. The summed E-state index contributed by atoms with van der Waals surface area (Å²) >= 11 is 0. The number of halogens is 1. The summed E-state index contributed by atoms with van der Waals surface area (Å²) in [6.07, 6.45) is 1.68. The first kappa shape index (κ1) is 8.70. The van der Waals surface area contributed by atoms with Crippen LogP contribution in [-0.4, -0.2) is 5.54 Å². The largest absolute Gasteiger partial charge is 0.322 e. The Hall–Kier alpha value is -0.890. The minimum absolute atomic E-state index is 0.582. The van der Waals surface area contributed by atoms with Crippen LogP contribution in [0.2, 0.25) is 0 Å². The zero-order valence-electron chi connectivity index (χ0n) is 7.54. The summed E-state index contributed by atoms with van der Waals surface area (Å²) in [6.45, 7) is 0. The van der Waals surface area contributed by atoms with E-state index in [-0.39, 0.29) is 0 Å². The Labute approximate surface area is 77.8 Å². The van der Waals surface area contributed by atoms with E-state index in [1.165, 1.54) is 0 Å². The molecule has 1 aromatic rings. The molecule has 13 heavy (non-hydrogen) atoms. The van der Waals surface area contributed by atoms with Crippen molar-refractivity contribution in [1.29, 1.82) is 0 Å². The van der Waals surface area contributed by atoms with Crippen LogP contribution in [0, 0.1) is 0 Å². The third kappa shape index (κ3) is 1.46. The van der Waals surface area contributed by atoms with E-state index in [2.05, 4.69) is 0 Å². The molecule has 2 N–H and O–H groups in total. The van der Waals surface area contributed by atoms with Crippen molar-refractivity contribution < 1.29 is 4.39 Å². The van der Waals surface area contributed by atoms with Crippen molar-refractivity contribution in [2.45, 2.75) is 31.0 Å². The van der Waals surface area contributed by atoms with Crippen LogP contribution in [-0.2, 0) is 0 Å². The fourth-order valence-electron chi connectivity index (χ4n) is 1.79. The van der Waals surface area contributed by atoms with E-state index in [4.69, 9.17) is 5.73 Å². The van der Waals surface area contributed by atoms with Crippen LogP contribution in [0.15, 0.2) is 30.3 Å². The Morgan fingerprint density at radius 1 is 1.23 bits per heavy atom. The third-order valence-corrected chi connectivity index (χ3v) is 2.88. The summed E-state index contributed by atoms with van der Waals surface area (Å²) in [7, 11) is 0. The lowest BCUT2D eigenvalue weighted by Crippen LogP contribution is -2.50. The second kappa shape index (κ2) is 3.11. The zero-order valence-corrected chi connectivity index (χ0v) is 7.54. The van der Waals surface area contributed by atoms with Gasteiger partial charge in [-0.05, 0) is 24.8 Å². The van der Waals surface area contributed by atoms with Gasteiger partial charge in [-0.1, -0.05) is 30.3 Å². The van der Waals surface area contributed by atoms with Crippen LogP contribution in [0.1, 0.15) is 31.0 Å². The third-order valence-electron chi connectivity index (χ3n) is 2.88. The normalized spacial score (nSPS) is 22.0. The van der Waals surface area contributed by atoms with Gasteiger partial charge in [-0.2, -0.15) is 0 Å². The van der Waals surface area contributed by atoms with E-state index >= 15 is 0 Å². The first-order chi connectivity index (χ1) is 6.22. The molecule has 1 fully saturated rings. The molecule has 0 amide bonds. The van der Waals surface area contributed by atoms with Crippen LogP contribution in [0.4, 0.5) is 4.39 Å². The van der Waals surface area contributed by atoms with Crippen molar-refractivity contribution >= 4 is 0 Å². The maximum absolute atomic E-state index is 13.8. The molecule has 2 heteroatoms. The lowest BCUT2D eigenvalue weighted by molar-refractivity contribution is 0.108. The molecule has 0 bridgehead atoms. The Morgan fingerprint density at radius 3 is 2.31 bits per heavy atom. The van der Waals surface area contributed by atoms with E-state index in [1.807, 2.05) is 18.2 Å². The molecule has 1 saturated carbocycles. The summed E-state index contributed by atoms with van der Waals surface area (Å²) in [5.74, 6) is 0. The SMILES string of the molecule is NC1(C(F)c2ccccc2)CCC1. The van der Waals surface area contributed by atoms with Crippen molar-refractivity contribution in [1.82, 2.24) is 0 Å². The average Bonchev–Trinajstić information content (AvgIpc) is 2.14. The van der Waals surface area contributed by atoms with Gasteiger partial charge in [0.05, 0.1) is 5.54 Å². The molecule has 0 aromatic heterocycles. The van der Waals surface area contributed by atoms with Gasteiger partial charge in [-0.3, -0.25) is 0 Å². The highest BCUT2D eigenvalue weighted by Gasteiger charge is 2.41. The minimum Gasteiger partial charge on any atom is -0.322 e. The van der Waals surface area contributed by atoms with Crippen LogP contribution >= 0.6 is 0 Å². The highest BCUT2D eigenvalue weighted by Crippen LogP contribution is 2.42. The summed E-state index contributed by atoms with van der Waals surface area (Å²) in [5.41, 5.74) is 6.03. The predicted octanol–water partition coefficient (Wildman–Crippen LogP) is 2.58. The van der Waals surface area contributed by atoms with E-state index in [9.17, 15) is 4.39 Å². The van der Waals surface area contributed by atoms with Gasteiger partial charge in [0.2, 0.25) is 0 Å². The first-order valence-electron chi connectivity index (χ1n) is 4.70. The summed E-state index contributed by atoms with van der Waals surface area (Å²) in [5, 5.41) is 0. The highest BCUT2D eigenvalue weighted by atomic mass is 19.1. The van der Waals surface area contributed by atoms with Crippen molar-refractivity contribution in [2.75, 3.05) is 0 Å². The Morgan fingerprint density at radius 2 is 1.85 bits per heavy atom. The van der Waals surface area contributed by atoms with Crippen molar-refractivity contribution in [3.63, 3.8) is 0 Å². The maximum atomic E-state index is 13.8. The molecular formula is C11H14FN. The number of alkyl halides is 1. The lowest BCUT2D eigenvalue weighted by Gasteiger charge is -2.40. The molecule has 1 unspecified atom stereocenters. The molecule has 70 valence electrons. The van der Waals surface area contributed by atoms with E-state index in [1.54, 1.807) is 12.1 Å². The summed E-state index contributed by atoms with van der Waals surface area (Å²) in [6, 6.07) is 9.20. The van der Waals surface area contributed by atoms with Crippen LogP contribution in [0.5, 0.6) is 0 Å². The van der Waals surface area contributed by atoms with Crippen molar-refractivity contribution in [2.24, 2.45) is 5.73 Å². The van der Waals surface area contributed by atoms with E-state index < -0.39 is 11.7 Å². The minimum atomic E-state index is -0.998. The predicted molar refractivity (Wildman–Crippen MR) is 51.1 cm³/mol. The zero-order chi connectivity index (χ0) is 9.31. The molecule has 0 heterocycles. The number of rotatable bonds is 2. The van der Waals surface area contributed by atoms with Crippen molar-refractivity contribution in [3.05, 3.63) is 35.9 Å². The first-order valence-corrected chi connectivity index (χ1v) is 4.70. The lowest BCUT2D eigenvalue weighted by atomic mass is 9.72. The molecule has 0 aliphatic heterocycles. The van der Waals surface area contributed by atoms with Gasteiger partial charge in [0, 0.05) is 0 Å². The molecule has 2 rings (SSSR count). The molecule has 0 saturated heterocycles. The number of nitrogens with two attached hydrogens (primary N) is 1. The number of hydrogen-bond acceptors (Lipinski definition) is 1. The van der Waals surface area contributed by atoms with Gasteiger partial charge in [-0.15, -0.1) is 0 Å². The topological polar surface area (TPSA) is 26.0 Å². The second-order valence-corrected chi connectivity index (χ2v) is 3.86. The fourth-order valence-corrected chi connectivity index (χ4v) is 1.79. The Kier molecular flexibility index (Phi) is 2.08. The van der Waals surface area contributed by atoms with Gasteiger partial charge in [0.25, 0.3) is 0 Å². The monoisotopic (exact) mass is 179 g/mol. The molecule has 1 aliphatic carbocycles. The summed E-state index contributed by atoms with van der Waals surface area (Å²) in [4.78, 5) is 0. The van der Waals surface area contributed by atoms with Gasteiger partial charge in [-0.25, -0.2) is 4.39 Å². The van der Waals surface area contributed by atoms with E-state index in [0.29, 0.717) is 5.56 Å². The van der Waals surface area contributed by atoms with Gasteiger partial charge < -0.3 is 5.73 Å². The highest BCUT2D eigenvalue weighted by molar-refractivity contribution is 5.22. The Balaban J connectivity index is 2.17.